The molecule has 0 spiro atoms. The largest absolute Gasteiger partial charge is 0.261 e. The van der Waals surface area contributed by atoms with Crippen molar-refractivity contribution in [2.24, 2.45) is 16.4 Å². The fourth-order valence-electron chi connectivity index (χ4n) is 4.28. The first-order valence-electron chi connectivity index (χ1n) is 11.0. The highest BCUT2D eigenvalue weighted by molar-refractivity contribution is 7.19. The number of rotatable bonds is 6. The lowest BCUT2D eigenvalue weighted by atomic mass is 9.69. The number of anilines is 1. The molecule has 0 radical (unpaired) electrons. The molecular formula is C25H32N4S. The molecule has 0 fully saturated rings. The third kappa shape index (κ3) is 4.13. The Balaban J connectivity index is 1.59. The molecule has 1 aliphatic rings. The van der Waals surface area contributed by atoms with Crippen LogP contribution < -0.4 is 5.43 Å². The van der Waals surface area contributed by atoms with Crippen LogP contribution in [0.2, 0.25) is 0 Å². The number of aryl methyl sites for hydroxylation is 1. The van der Waals surface area contributed by atoms with E-state index in [0.29, 0.717) is 17.3 Å². The van der Waals surface area contributed by atoms with Crippen LogP contribution in [0.1, 0.15) is 74.9 Å². The molecule has 3 aromatic rings. The van der Waals surface area contributed by atoms with Gasteiger partial charge < -0.3 is 0 Å². The number of fused-ring (bicyclic) bond motifs is 3. The standard InChI is InChI=1S/C25H32N4S/c1-6-25(4,5)19-11-12-21-20(13-19)22-23(26-15-27-24(22)30-21)29-28-14-17-7-9-18(10-8-17)16(2)3/h7-10,14-16,19H,6,11-13H2,1-5H3,(H,26,27,29)/b28-14+. The predicted molar refractivity (Wildman–Crippen MR) is 129 cm³/mol. The van der Waals surface area contributed by atoms with Crippen LogP contribution in [0.3, 0.4) is 0 Å². The summed E-state index contributed by atoms with van der Waals surface area (Å²) in [6.07, 6.45) is 8.23. The lowest BCUT2D eigenvalue weighted by molar-refractivity contribution is 0.184. The van der Waals surface area contributed by atoms with E-state index in [1.54, 1.807) is 6.33 Å². The average molecular weight is 421 g/mol. The second-order valence-electron chi connectivity index (χ2n) is 9.38. The summed E-state index contributed by atoms with van der Waals surface area (Å²) in [5.41, 5.74) is 7.41. The molecule has 1 aromatic carbocycles. The van der Waals surface area contributed by atoms with Crippen LogP contribution in [-0.2, 0) is 12.8 Å². The highest BCUT2D eigenvalue weighted by Crippen LogP contribution is 2.45. The predicted octanol–water partition coefficient (Wildman–Crippen LogP) is 6.80. The third-order valence-electron chi connectivity index (χ3n) is 6.84. The molecule has 158 valence electrons. The van der Waals surface area contributed by atoms with Crippen molar-refractivity contribution in [3.63, 3.8) is 0 Å². The summed E-state index contributed by atoms with van der Waals surface area (Å²) >= 11 is 1.83. The molecule has 1 N–H and O–H groups in total. The van der Waals surface area contributed by atoms with E-state index in [-0.39, 0.29) is 0 Å². The number of hydrogen-bond donors (Lipinski definition) is 1. The van der Waals surface area contributed by atoms with Crippen molar-refractivity contribution in [3.05, 3.63) is 52.2 Å². The normalized spacial score (nSPS) is 17.1. The molecule has 0 saturated carbocycles. The van der Waals surface area contributed by atoms with Crippen LogP contribution in [0, 0.1) is 11.3 Å². The Hall–Kier alpha value is -2.27. The molecule has 1 atom stereocenters. The Bertz CT molecular complexity index is 1050. The Morgan fingerprint density at radius 1 is 1.23 bits per heavy atom. The monoisotopic (exact) mass is 420 g/mol. The highest BCUT2D eigenvalue weighted by atomic mass is 32.1. The number of thiophene rings is 1. The zero-order valence-corrected chi connectivity index (χ0v) is 19.5. The molecule has 2 heterocycles. The van der Waals surface area contributed by atoms with Gasteiger partial charge in [-0.15, -0.1) is 11.3 Å². The lowest BCUT2D eigenvalue weighted by Gasteiger charge is -2.36. The zero-order valence-electron chi connectivity index (χ0n) is 18.7. The van der Waals surface area contributed by atoms with Crippen molar-refractivity contribution in [2.45, 2.75) is 66.2 Å². The summed E-state index contributed by atoms with van der Waals surface area (Å²) in [7, 11) is 0. The van der Waals surface area contributed by atoms with E-state index in [9.17, 15) is 0 Å². The summed E-state index contributed by atoms with van der Waals surface area (Å²) < 4.78 is 0. The molecule has 0 aliphatic heterocycles. The quantitative estimate of drug-likeness (QED) is 0.352. The minimum atomic E-state index is 0.357. The van der Waals surface area contributed by atoms with Crippen LogP contribution in [0.4, 0.5) is 5.82 Å². The second kappa shape index (κ2) is 8.46. The van der Waals surface area contributed by atoms with Crippen LogP contribution in [0.5, 0.6) is 0 Å². The molecule has 1 unspecified atom stereocenters. The molecule has 1 aliphatic carbocycles. The van der Waals surface area contributed by atoms with Gasteiger partial charge in [-0.2, -0.15) is 5.10 Å². The van der Waals surface area contributed by atoms with Gasteiger partial charge in [0.15, 0.2) is 5.82 Å². The van der Waals surface area contributed by atoms with E-state index in [4.69, 9.17) is 0 Å². The van der Waals surface area contributed by atoms with Crippen LogP contribution in [0.15, 0.2) is 35.7 Å². The average Bonchev–Trinajstić information content (AvgIpc) is 3.12. The molecular weight excluding hydrogens is 388 g/mol. The number of nitrogens with one attached hydrogen (secondary N) is 1. The maximum atomic E-state index is 4.56. The first kappa shape index (κ1) is 21.0. The first-order chi connectivity index (χ1) is 14.4. The van der Waals surface area contributed by atoms with E-state index in [1.807, 2.05) is 17.6 Å². The van der Waals surface area contributed by atoms with E-state index in [0.717, 1.165) is 29.1 Å². The van der Waals surface area contributed by atoms with Gasteiger partial charge in [0, 0.05) is 4.88 Å². The van der Waals surface area contributed by atoms with Crippen molar-refractivity contribution in [1.29, 1.82) is 0 Å². The van der Waals surface area contributed by atoms with E-state index in [2.05, 4.69) is 79.4 Å². The number of hydrogen-bond acceptors (Lipinski definition) is 5. The molecule has 30 heavy (non-hydrogen) atoms. The van der Waals surface area contributed by atoms with Crippen LogP contribution in [-0.4, -0.2) is 16.2 Å². The van der Waals surface area contributed by atoms with Crippen LogP contribution in [0.25, 0.3) is 10.2 Å². The molecule has 0 saturated heterocycles. The Morgan fingerprint density at radius 2 is 2.00 bits per heavy atom. The van der Waals surface area contributed by atoms with Gasteiger partial charge >= 0.3 is 0 Å². The van der Waals surface area contributed by atoms with Gasteiger partial charge in [0.2, 0.25) is 0 Å². The van der Waals surface area contributed by atoms with Crippen LogP contribution >= 0.6 is 11.3 Å². The van der Waals surface area contributed by atoms with Gasteiger partial charge in [-0.05, 0) is 53.2 Å². The van der Waals surface area contributed by atoms with Crippen molar-refractivity contribution in [1.82, 2.24) is 9.97 Å². The smallest absolute Gasteiger partial charge is 0.158 e. The van der Waals surface area contributed by atoms with Crippen molar-refractivity contribution < 1.29 is 0 Å². The van der Waals surface area contributed by atoms with Crippen molar-refractivity contribution in [2.75, 3.05) is 5.43 Å². The van der Waals surface area contributed by atoms with Gasteiger partial charge in [-0.25, -0.2) is 9.97 Å². The minimum absolute atomic E-state index is 0.357. The Morgan fingerprint density at radius 3 is 2.70 bits per heavy atom. The van der Waals surface area contributed by atoms with Crippen molar-refractivity contribution >= 4 is 33.6 Å². The van der Waals surface area contributed by atoms with Gasteiger partial charge in [-0.3, -0.25) is 5.43 Å². The molecule has 2 aromatic heterocycles. The molecule has 4 rings (SSSR count). The van der Waals surface area contributed by atoms with Gasteiger partial charge in [0.05, 0.1) is 11.6 Å². The Kier molecular flexibility index (Phi) is 5.92. The number of hydrazone groups is 1. The fraction of sp³-hybridized carbons (Fsp3) is 0.480. The summed E-state index contributed by atoms with van der Waals surface area (Å²) in [4.78, 5) is 11.6. The van der Waals surface area contributed by atoms with E-state index in [1.165, 1.54) is 34.2 Å². The summed E-state index contributed by atoms with van der Waals surface area (Å²) in [6.45, 7) is 11.5. The third-order valence-corrected chi connectivity index (χ3v) is 8.04. The Labute approximate surface area is 183 Å². The maximum absolute atomic E-state index is 4.56. The van der Waals surface area contributed by atoms with Gasteiger partial charge in [0.1, 0.15) is 11.2 Å². The first-order valence-corrected chi connectivity index (χ1v) is 11.8. The number of benzene rings is 1. The maximum Gasteiger partial charge on any atom is 0.158 e. The number of aromatic nitrogens is 2. The van der Waals surface area contributed by atoms with Gasteiger partial charge in [-0.1, -0.05) is 65.3 Å². The lowest BCUT2D eigenvalue weighted by Crippen LogP contribution is -2.28. The summed E-state index contributed by atoms with van der Waals surface area (Å²) in [5.74, 6) is 2.06. The number of nitrogens with zero attached hydrogens (tertiary/aromatic N) is 3. The van der Waals surface area contributed by atoms with Crippen molar-refractivity contribution in [3.8, 4) is 0 Å². The van der Waals surface area contributed by atoms with E-state index < -0.39 is 0 Å². The fourth-order valence-corrected chi connectivity index (χ4v) is 5.47. The summed E-state index contributed by atoms with van der Waals surface area (Å²) in [6, 6.07) is 8.56. The van der Waals surface area contributed by atoms with E-state index >= 15 is 0 Å². The molecule has 4 nitrogen and oxygen atoms in total. The highest BCUT2D eigenvalue weighted by Gasteiger charge is 2.33. The second-order valence-corrected chi connectivity index (χ2v) is 10.5. The topological polar surface area (TPSA) is 50.2 Å². The SMILES string of the molecule is CCC(C)(C)C1CCc2sc3ncnc(N/N=C/c4ccc(C(C)C)cc4)c3c2C1. The minimum Gasteiger partial charge on any atom is -0.261 e. The summed E-state index contributed by atoms with van der Waals surface area (Å²) in [5, 5.41) is 5.66. The van der Waals surface area contributed by atoms with Gasteiger partial charge in [0.25, 0.3) is 0 Å². The molecule has 0 bridgehead atoms. The zero-order chi connectivity index (χ0) is 21.3. The molecule has 5 heteroatoms. The molecule has 0 amide bonds.